The smallest absolute Gasteiger partial charge is 0.333 e. The van der Waals surface area contributed by atoms with E-state index in [0.29, 0.717) is 5.92 Å². The minimum Gasteiger partial charge on any atom is -0.333 e. The Morgan fingerprint density at radius 1 is 1.33 bits per heavy atom. The molecule has 0 unspecified atom stereocenters. The van der Waals surface area contributed by atoms with Crippen LogP contribution in [0.1, 0.15) is 24.8 Å². The maximum Gasteiger partial charge on any atom is 0.338 e. The molecular formula is C14H20N2O2. The summed E-state index contributed by atoms with van der Waals surface area (Å²) >= 11 is 0. The lowest BCUT2D eigenvalue weighted by atomic mass is 9.95. The molecule has 2 amide bonds. The predicted octanol–water partition coefficient (Wildman–Crippen LogP) is 2.26. The quantitative estimate of drug-likeness (QED) is 0.803. The van der Waals surface area contributed by atoms with E-state index in [0.717, 1.165) is 12.8 Å². The lowest BCUT2D eigenvalue weighted by Crippen LogP contribution is -2.43. The molecule has 0 aliphatic heterocycles. The number of nitrogens with one attached hydrogen (secondary N) is 2. The number of carbonyl (C=O) groups excluding carboxylic acids is 1. The highest BCUT2D eigenvalue weighted by Crippen LogP contribution is 2.28. The number of rotatable bonds is 4. The third kappa shape index (κ3) is 3.47. The van der Waals surface area contributed by atoms with Gasteiger partial charge < -0.3 is 5.32 Å². The molecule has 1 aliphatic rings. The van der Waals surface area contributed by atoms with Gasteiger partial charge in [-0.1, -0.05) is 36.8 Å². The Morgan fingerprint density at radius 3 is 2.83 bits per heavy atom. The zero-order valence-electron chi connectivity index (χ0n) is 10.7. The van der Waals surface area contributed by atoms with E-state index in [2.05, 4.69) is 39.9 Å². The molecule has 1 aromatic rings. The second kappa shape index (κ2) is 6.40. The van der Waals surface area contributed by atoms with Gasteiger partial charge in [0.2, 0.25) is 0 Å². The average molecular weight is 248 g/mol. The molecule has 0 heterocycles. The van der Waals surface area contributed by atoms with Crippen LogP contribution in [0.4, 0.5) is 4.79 Å². The summed E-state index contributed by atoms with van der Waals surface area (Å²) in [6.45, 7) is 0. The Labute approximate surface area is 108 Å². The van der Waals surface area contributed by atoms with Crippen molar-refractivity contribution in [3.63, 3.8) is 0 Å². The summed E-state index contributed by atoms with van der Waals surface area (Å²) in [6.07, 6.45) is 4.43. The molecular weight excluding hydrogens is 228 g/mol. The third-order valence-electron chi connectivity index (χ3n) is 3.51. The normalized spacial score (nSPS) is 22.7. The van der Waals surface area contributed by atoms with Crippen molar-refractivity contribution in [1.82, 2.24) is 10.8 Å². The molecule has 1 fully saturated rings. The standard InChI is InChI=1S/C14H20N2O2/c1-18-16-14(17)15-13-9-5-8-12(13)10-11-6-3-2-4-7-11/h2-4,6-7,12-13H,5,8-10H2,1H3,(H2,15,16,17)/t12-,13+/m0/s1. The molecule has 0 spiro atoms. The molecule has 2 rings (SSSR count). The van der Waals surface area contributed by atoms with Crippen molar-refractivity contribution in [1.29, 1.82) is 0 Å². The van der Waals surface area contributed by atoms with E-state index in [1.807, 2.05) is 6.07 Å². The minimum absolute atomic E-state index is 0.248. The van der Waals surface area contributed by atoms with Crippen LogP contribution < -0.4 is 10.8 Å². The molecule has 98 valence electrons. The van der Waals surface area contributed by atoms with Gasteiger partial charge in [-0.2, -0.15) is 0 Å². The fourth-order valence-corrected chi connectivity index (χ4v) is 2.68. The fourth-order valence-electron chi connectivity index (χ4n) is 2.68. The van der Waals surface area contributed by atoms with Gasteiger partial charge in [-0.15, -0.1) is 0 Å². The van der Waals surface area contributed by atoms with Crippen LogP contribution in [0.25, 0.3) is 0 Å². The number of hydrogen-bond donors (Lipinski definition) is 2. The topological polar surface area (TPSA) is 50.4 Å². The summed E-state index contributed by atoms with van der Waals surface area (Å²) < 4.78 is 0. The lowest BCUT2D eigenvalue weighted by Gasteiger charge is -2.21. The van der Waals surface area contributed by atoms with E-state index in [1.165, 1.54) is 25.5 Å². The second-order valence-corrected chi connectivity index (χ2v) is 4.77. The minimum atomic E-state index is -0.248. The van der Waals surface area contributed by atoms with Crippen LogP contribution >= 0.6 is 0 Å². The number of benzene rings is 1. The summed E-state index contributed by atoms with van der Waals surface area (Å²) in [5.74, 6) is 0.523. The number of hydroxylamine groups is 1. The molecule has 0 aromatic heterocycles. The van der Waals surface area contributed by atoms with Crippen molar-refractivity contribution in [3.05, 3.63) is 35.9 Å². The molecule has 1 aliphatic carbocycles. The first-order chi connectivity index (χ1) is 8.79. The highest BCUT2D eigenvalue weighted by Gasteiger charge is 2.28. The molecule has 4 heteroatoms. The highest BCUT2D eigenvalue weighted by atomic mass is 16.6. The van der Waals surface area contributed by atoms with Crippen LogP contribution in [0.3, 0.4) is 0 Å². The molecule has 1 saturated carbocycles. The van der Waals surface area contributed by atoms with Gasteiger partial charge in [0, 0.05) is 6.04 Å². The maximum absolute atomic E-state index is 11.4. The van der Waals surface area contributed by atoms with E-state index in [1.54, 1.807) is 0 Å². The molecule has 0 saturated heterocycles. The molecule has 1 aromatic carbocycles. The average Bonchev–Trinajstić information content (AvgIpc) is 2.78. The van der Waals surface area contributed by atoms with Gasteiger partial charge in [0.15, 0.2) is 0 Å². The number of carbonyl (C=O) groups is 1. The van der Waals surface area contributed by atoms with Crippen molar-refractivity contribution < 1.29 is 9.63 Å². The zero-order chi connectivity index (χ0) is 12.8. The van der Waals surface area contributed by atoms with E-state index in [4.69, 9.17) is 0 Å². The van der Waals surface area contributed by atoms with Gasteiger partial charge in [0.25, 0.3) is 0 Å². The van der Waals surface area contributed by atoms with Crippen molar-refractivity contribution in [3.8, 4) is 0 Å². The van der Waals surface area contributed by atoms with Crippen molar-refractivity contribution in [2.75, 3.05) is 7.11 Å². The maximum atomic E-state index is 11.4. The SMILES string of the molecule is CONC(=O)N[C@@H]1CCC[C@H]1Cc1ccccc1. The van der Waals surface area contributed by atoms with Crippen molar-refractivity contribution >= 4 is 6.03 Å². The fraction of sp³-hybridized carbons (Fsp3) is 0.500. The molecule has 2 N–H and O–H groups in total. The molecule has 4 nitrogen and oxygen atoms in total. The second-order valence-electron chi connectivity index (χ2n) is 4.77. The van der Waals surface area contributed by atoms with Crippen molar-refractivity contribution in [2.24, 2.45) is 5.92 Å². The van der Waals surface area contributed by atoms with Crippen molar-refractivity contribution in [2.45, 2.75) is 31.7 Å². The lowest BCUT2D eigenvalue weighted by molar-refractivity contribution is 0.105. The summed E-state index contributed by atoms with van der Waals surface area (Å²) in [7, 11) is 1.44. The number of amides is 2. The first kappa shape index (κ1) is 12.9. The van der Waals surface area contributed by atoms with Crippen LogP contribution in [0.2, 0.25) is 0 Å². The van der Waals surface area contributed by atoms with Gasteiger partial charge in [-0.05, 0) is 30.7 Å². The van der Waals surface area contributed by atoms with E-state index >= 15 is 0 Å². The Balaban J connectivity index is 1.89. The number of urea groups is 1. The van der Waals surface area contributed by atoms with Gasteiger partial charge in [-0.3, -0.25) is 4.84 Å². The molecule has 18 heavy (non-hydrogen) atoms. The van der Waals surface area contributed by atoms with Gasteiger partial charge in [0.05, 0.1) is 7.11 Å². The largest absolute Gasteiger partial charge is 0.338 e. The van der Waals surface area contributed by atoms with Crippen LogP contribution in [0, 0.1) is 5.92 Å². The summed E-state index contributed by atoms with van der Waals surface area (Å²) in [4.78, 5) is 16.1. The molecule has 2 atom stereocenters. The van der Waals surface area contributed by atoms with E-state index < -0.39 is 0 Å². The predicted molar refractivity (Wildman–Crippen MR) is 70.0 cm³/mol. The Kier molecular flexibility index (Phi) is 4.59. The summed E-state index contributed by atoms with van der Waals surface area (Å²) in [6, 6.07) is 10.4. The molecule has 0 bridgehead atoms. The van der Waals surface area contributed by atoms with Crippen LogP contribution in [0.5, 0.6) is 0 Å². The highest BCUT2D eigenvalue weighted by molar-refractivity contribution is 5.73. The zero-order valence-corrected chi connectivity index (χ0v) is 10.7. The van der Waals surface area contributed by atoms with Crippen LogP contribution in [-0.2, 0) is 11.3 Å². The molecule has 0 radical (unpaired) electrons. The van der Waals surface area contributed by atoms with Gasteiger partial charge in [0.1, 0.15) is 0 Å². The Bertz CT molecular complexity index is 381. The van der Waals surface area contributed by atoms with E-state index in [9.17, 15) is 4.79 Å². The van der Waals surface area contributed by atoms with Gasteiger partial charge in [-0.25, -0.2) is 10.3 Å². The van der Waals surface area contributed by atoms with Gasteiger partial charge >= 0.3 is 6.03 Å². The summed E-state index contributed by atoms with van der Waals surface area (Å²) in [5.41, 5.74) is 3.64. The Hall–Kier alpha value is -1.55. The van der Waals surface area contributed by atoms with Crippen LogP contribution in [-0.4, -0.2) is 19.2 Å². The number of hydrogen-bond acceptors (Lipinski definition) is 2. The Morgan fingerprint density at radius 2 is 2.11 bits per heavy atom. The summed E-state index contributed by atoms with van der Waals surface area (Å²) in [5, 5.41) is 2.98. The van der Waals surface area contributed by atoms with E-state index in [-0.39, 0.29) is 12.1 Å². The monoisotopic (exact) mass is 248 g/mol. The first-order valence-corrected chi connectivity index (χ1v) is 6.43. The first-order valence-electron chi connectivity index (χ1n) is 6.43. The third-order valence-corrected chi connectivity index (χ3v) is 3.51. The van der Waals surface area contributed by atoms with Crippen LogP contribution in [0.15, 0.2) is 30.3 Å².